The zero-order valence-electron chi connectivity index (χ0n) is 20.9. The molecule has 0 amide bonds. The Labute approximate surface area is 214 Å². The van der Waals surface area contributed by atoms with E-state index in [0.717, 1.165) is 22.4 Å². The maximum absolute atomic E-state index is 13.6. The topological polar surface area (TPSA) is 85.9 Å². The number of fused-ring (bicyclic) bond motifs is 1. The highest BCUT2D eigenvalue weighted by atomic mass is 35.5. The van der Waals surface area contributed by atoms with Crippen LogP contribution in [0.1, 0.15) is 43.4 Å². The molecule has 4 aromatic rings. The number of aromatic hydroxyl groups is 1. The largest absolute Gasteiger partial charge is 0.503 e. The number of phenols is 1. The summed E-state index contributed by atoms with van der Waals surface area (Å²) < 4.78 is 12.4. The summed E-state index contributed by atoms with van der Waals surface area (Å²) >= 11 is 6.18. The minimum absolute atomic E-state index is 0.124. The molecule has 0 saturated carbocycles. The first-order chi connectivity index (χ1) is 17.2. The van der Waals surface area contributed by atoms with Crippen LogP contribution in [0.25, 0.3) is 22.3 Å². The summed E-state index contributed by atoms with van der Waals surface area (Å²) in [4.78, 5) is 18.4. The van der Waals surface area contributed by atoms with Crippen molar-refractivity contribution in [2.75, 3.05) is 13.7 Å². The number of hydrogen-bond donors (Lipinski definition) is 1. The van der Waals surface area contributed by atoms with Crippen LogP contribution in [0.3, 0.4) is 0 Å². The highest BCUT2D eigenvalue weighted by molar-refractivity contribution is 6.32. The van der Waals surface area contributed by atoms with Crippen molar-refractivity contribution in [1.82, 2.24) is 9.66 Å². The van der Waals surface area contributed by atoms with Crippen molar-refractivity contribution in [2.45, 2.75) is 33.6 Å². The van der Waals surface area contributed by atoms with Crippen LogP contribution in [0.5, 0.6) is 17.2 Å². The Morgan fingerprint density at radius 2 is 1.92 bits per heavy atom. The van der Waals surface area contributed by atoms with E-state index in [1.165, 1.54) is 10.9 Å². The number of benzene rings is 3. The van der Waals surface area contributed by atoms with Crippen LogP contribution in [0.4, 0.5) is 0 Å². The van der Waals surface area contributed by atoms with E-state index < -0.39 is 0 Å². The van der Waals surface area contributed by atoms with Gasteiger partial charge >= 0.3 is 0 Å². The number of aryl methyl sites for hydroxylation is 1. The van der Waals surface area contributed by atoms with E-state index in [1.807, 2.05) is 38.1 Å². The predicted molar refractivity (Wildman–Crippen MR) is 144 cm³/mol. The maximum Gasteiger partial charge on any atom is 0.282 e. The van der Waals surface area contributed by atoms with Crippen LogP contribution in [-0.4, -0.2) is 34.7 Å². The Hall–Kier alpha value is -3.84. The number of aromatic nitrogens is 2. The molecule has 36 heavy (non-hydrogen) atoms. The molecule has 0 radical (unpaired) electrons. The maximum atomic E-state index is 13.6. The average Bonchev–Trinajstić information content (AvgIpc) is 2.86. The van der Waals surface area contributed by atoms with Gasteiger partial charge in [0.15, 0.2) is 17.3 Å². The second-order valence-corrected chi connectivity index (χ2v) is 9.07. The first-order valence-corrected chi connectivity index (χ1v) is 12.0. The van der Waals surface area contributed by atoms with Crippen molar-refractivity contribution >= 4 is 28.7 Å². The molecular formula is C28H28ClN3O4. The third-order valence-corrected chi connectivity index (χ3v) is 6.15. The minimum atomic E-state index is -0.303. The molecule has 0 aliphatic heterocycles. The highest BCUT2D eigenvalue weighted by Crippen LogP contribution is 2.36. The molecule has 1 N–H and O–H groups in total. The van der Waals surface area contributed by atoms with Crippen molar-refractivity contribution in [3.05, 3.63) is 80.6 Å². The van der Waals surface area contributed by atoms with Crippen LogP contribution in [0, 0.1) is 6.92 Å². The summed E-state index contributed by atoms with van der Waals surface area (Å²) in [5, 5.41) is 15.3. The number of methoxy groups -OCH3 is 1. The second kappa shape index (κ2) is 10.4. The standard InChI is InChI=1S/C28H28ClN3O4/c1-6-36-25-13-18(12-22(29)26(25)33)15-30-32-27(31-23-10-8-7-9-19(23)28(32)34)21-14-20(16(2)3)24(35-5)11-17(21)4/h7-16,33H,6H2,1-5H3. The van der Waals surface area contributed by atoms with E-state index in [9.17, 15) is 9.90 Å². The van der Waals surface area contributed by atoms with E-state index in [2.05, 4.69) is 18.9 Å². The number of nitrogens with zero attached hydrogens (tertiary/aromatic N) is 3. The fourth-order valence-corrected chi connectivity index (χ4v) is 4.25. The molecule has 0 fully saturated rings. The Morgan fingerprint density at radius 3 is 2.61 bits per heavy atom. The van der Waals surface area contributed by atoms with Crippen LogP contribution in [0.2, 0.25) is 5.02 Å². The van der Waals surface area contributed by atoms with Gasteiger partial charge in [0, 0.05) is 5.56 Å². The summed E-state index contributed by atoms with van der Waals surface area (Å²) in [6, 6.07) is 14.3. The molecule has 8 heteroatoms. The van der Waals surface area contributed by atoms with E-state index in [4.69, 9.17) is 26.1 Å². The number of ether oxygens (including phenoxy) is 2. The molecule has 7 nitrogen and oxygen atoms in total. The van der Waals surface area contributed by atoms with Crippen LogP contribution in [0.15, 0.2) is 58.4 Å². The van der Waals surface area contributed by atoms with Gasteiger partial charge in [-0.25, -0.2) is 4.98 Å². The molecule has 4 rings (SSSR count). The zero-order valence-corrected chi connectivity index (χ0v) is 21.6. The zero-order chi connectivity index (χ0) is 26.0. The smallest absolute Gasteiger partial charge is 0.282 e. The molecule has 0 spiro atoms. The number of halogens is 1. The summed E-state index contributed by atoms with van der Waals surface area (Å²) in [5.74, 6) is 1.48. The monoisotopic (exact) mass is 505 g/mol. The summed E-state index contributed by atoms with van der Waals surface area (Å²) in [7, 11) is 1.65. The molecule has 0 saturated heterocycles. The Kier molecular flexibility index (Phi) is 7.31. The number of phenolic OH excluding ortho intramolecular Hbond substituents is 1. The normalized spacial score (nSPS) is 11.5. The molecule has 3 aromatic carbocycles. The fourth-order valence-electron chi connectivity index (χ4n) is 4.03. The molecular weight excluding hydrogens is 478 g/mol. The van der Waals surface area contributed by atoms with Gasteiger partial charge in [-0.1, -0.05) is 37.6 Å². The first kappa shape index (κ1) is 25.3. The summed E-state index contributed by atoms with van der Waals surface area (Å²) in [5.41, 5.74) is 3.51. The fraction of sp³-hybridized carbons (Fsp3) is 0.250. The molecule has 0 aliphatic carbocycles. The Morgan fingerprint density at radius 1 is 1.17 bits per heavy atom. The van der Waals surface area contributed by atoms with Gasteiger partial charge in [0.1, 0.15) is 5.75 Å². The highest BCUT2D eigenvalue weighted by Gasteiger charge is 2.18. The first-order valence-electron chi connectivity index (χ1n) is 11.7. The van der Waals surface area contributed by atoms with Crippen molar-refractivity contribution in [1.29, 1.82) is 0 Å². The van der Waals surface area contributed by atoms with Gasteiger partial charge in [-0.2, -0.15) is 9.78 Å². The number of hydrogen-bond acceptors (Lipinski definition) is 6. The van der Waals surface area contributed by atoms with Crippen molar-refractivity contribution in [2.24, 2.45) is 5.10 Å². The van der Waals surface area contributed by atoms with Gasteiger partial charge in [0.25, 0.3) is 5.56 Å². The summed E-state index contributed by atoms with van der Waals surface area (Å²) in [6.45, 7) is 8.29. The minimum Gasteiger partial charge on any atom is -0.503 e. The van der Waals surface area contributed by atoms with E-state index in [-0.39, 0.29) is 28.0 Å². The molecule has 0 aliphatic rings. The van der Waals surface area contributed by atoms with Gasteiger partial charge < -0.3 is 14.6 Å². The third-order valence-electron chi connectivity index (χ3n) is 5.87. The lowest BCUT2D eigenvalue weighted by Gasteiger charge is -2.17. The average molecular weight is 506 g/mol. The van der Waals surface area contributed by atoms with Crippen molar-refractivity contribution < 1.29 is 14.6 Å². The predicted octanol–water partition coefficient (Wildman–Crippen LogP) is 6.14. The lowest BCUT2D eigenvalue weighted by Crippen LogP contribution is -2.20. The van der Waals surface area contributed by atoms with Gasteiger partial charge in [-0.3, -0.25) is 4.79 Å². The number of rotatable bonds is 7. The van der Waals surface area contributed by atoms with Gasteiger partial charge in [-0.15, -0.1) is 0 Å². The van der Waals surface area contributed by atoms with E-state index in [0.29, 0.717) is 28.9 Å². The second-order valence-electron chi connectivity index (χ2n) is 8.66. The molecule has 1 aromatic heterocycles. The van der Waals surface area contributed by atoms with Crippen molar-refractivity contribution in [3.8, 4) is 28.6 Å². The SMILES string of the molecule is CCOc1cc(C=Nn2c(-c3cc(C(C)C)c(OC)cc3C)nc3ccccc3c2=O)cc(Cl)c1O. The molecule has 0 atom stereocenters. The Balaban J connectivity index is 1.96. The Bertz CT molecular complexity index is 1530. The number of para-hydroxylation sites is 1. The molecule has 0 unspecified atom stereocenters. The van der Waals surface area contributed by atoms with E-state index >= 15 is 0 Å². The molecule has 1 heterocycles. The molecule has 0 bridgehead atoms. The van der Waals surface area contributed by atoms with Crippen LogP contribution in [-0.2, 0) is 0 Å². The van der Waals surface area contributed by atoms with Crippen LogP contribution >= 0.6 is 11.6 Å². The molecule has 186 valence electrons. The van der Waals surface area contributed by atoms with Crippen molar-refractivity contribution in [3.63, 3.8) is 0 Å². The summed E-state index contributed by atoms with van der Waals surface area (Å²) in [6.07, 6.45) is 1.50. The lowest BCUT2D eigenvalue weighted by atomic mass is 9.96. The lowest BCUT2D eigenvalue weighted by molar-refractivity contribution is 0.318. The van der Waals surface area contributed by atoms with Crippen LogP contribution < -0.4 is 15.0 Å². The van der Waals surface area contributed by atoms with Gasteiger partial charge in [0.2, 0.25) is 0 Å². The third kappa shape index (κ3) is 4.79. The van der Waals surface area contributed by atoms with Gasteiger partial charge in [-0.05, 0) is 72.9 Å². The quantitative estimate of drug-likeness (QED) is 0.305. The van der Waals surface area contributed by atoms with Gasteiger partial charge in [0.05, 0.1) is 35.9 Å². The van der Waals surface area contributed by atoms with E-state index in [1.54, 1.807) is 31.4 Å².